The highest BCUT2D eigenvalue weighted by atomic mass is 79.9. The number of rotatable bonds is 1. The molecule has 0 bridgehead atoms. The zero-order valence-corrected chi connectivity index (χ0v) is 11.0. The second-order valence-electron chi connectivity index (χ2n) is 4.32. The molecule has 16 heavy (non-hydrogen) atoms. The number of amides is 2. The third-order valence-electron chi connectivity index (χ3n) is 3.40. The molecule has 2 amide bonds. The molecule has 1 N–H and O–H groups in total. The average molecular weight is 283 g/mol. The Balaban J connectivity index is 2.36. The van der Waals surface area contributed by atoms with Crippen molar-refractivity contribution in [3.8, 4) is 0 Å². The molecule has 1 unspecified atom stereocenters. The molecule has 1 aliphatic heterocycles. The topological polar surface area (TPSA) is 32.3 Å². The van der Waals surface area contributed by atoms with Crippen LogP contribution >= 0.6 is 15.9 Å². The van der Waals surface area contributed by atoms with E-state index < -0.39 is 0 Å². The number of urea groups is 1. The van der Waals surface area contributed by atoms with Crippen LogP contribution < -0.4 is 5.32 Å². The third kappa shape index (κ3) is 1.82. The number of nitrogens with zero attached hydrogens (tertiary/aromatic N) is 1. The highest BCUT2D eigenvalue weighted by Crippen LogP contribution is 2.33. The predicted octanol–water partition coefficient (Wildman–Crippen LogP) is 2.71. The summed E-state index contributed by atoms with van der Waals surface area (Å²) in [6.45, 7) is 2.84. The van der Waals surface area contributed by atoms with E-state index in [-0.39, 0.29) is 11.6 Å². The first-order valence-electron chi connectivity index (χ1n) is 5.32. The fourth-order valence-electron chi connectivity index (χ4n) is 2.07. The summed E-state index contributed by atoms with van der Waals surface area (Å²) in [4.78, 5) is 13.4. The largest absolute Gasteiger partial charge is 0.338 e. The fourth-order valence-corrected chi connectivity index (χ4v) is 2.33. The zero-order chi connectivity index (χ0) is 11.8. The van der Waals surface area contributed by atoms with Gasteiger partial charge in [0.05, 0.1) is 5.54 Å². The molecule has 0 aliphatic carbocycles. The van der Waals surface area contributed by atoms with Gasteiger partial charge in [-0.1, -0.05) is 28.1 Å². The Morgan fingerprint density at radius 3 is 2.62 bits per heavy atom. The Kier molecular flexibility index (Phi) is 2.93. The van der Waals surface area contributed by atoms with Gasteiger partial charge < -0.3 is 10.2 Å². The maximum Gasteiger partial charge on any atom is 0.317 e. The van der Waals surface area contributed by atoms with Crippen molar-refractivity contribution in [3.05, 3.63) is 34.3 Å². The number of carbonyl (C=O) groups is 1. The normalized spacial score (nSPS) is 25.4. The summed E-state index contributed by atoms with van der Waals surface area (Å²) in [7, 11) is 1.84. The first kappa shape index (κ1) is 11.5. The first-order chi connectivity index (χ1) is 7.54. The van der Waals surface area contributed by atoms with Crippen LogP contribution in [0, 0.1) is 0 Å². The highest BCUT2D eigenvalue weighted by Gasteiger charge is 2.37. The van der Waals surface area contributed by atoms with Crippen molar-refractivity contribution >= 4 is 22.0 Å². The number of carbonyl (C=O) groups excluding carboxylic acids is 1. The van der Waals surface area contributed by atoms with Crippen molar-refractivity contribution in [2.75, 3.05) is 13.6 Å². The lowest BCUT2D eigenvalue weighted by atomic mass is 9.86. The van der Waals surface area contributed by atoms with Gasteiger partial charge in [-0.3, -0.25) is 0 Å². The lowest BCUT2D eigenvalue weighted by Gasteiger charge is -2.43. The second-order valence-corrected chi connectivity index (χ2v) is 5.24. The summed E-state index contributed by atoms with van der Waals surface area (Å²) in [5.41, 5.74) is 0.969. The maximum absolute atomic E-state index is 11.7. The van der Waals surface area contributed by atoms with Crippen molar-refractivity contribution < 1.29 is 4.79 Å². The van der Waals surface area contributed by atoms with Crippen LogP contribution in [-0.4, -0.2) is 24.5 Å². The van der Waals surface area contributed by atoms with Gasteiger partial charge in [0.25, 0.3) is 0 Å². The van der Waals surface area contributed by atoms with E-state index in [1.807, 2.05) is 19.2 Å². The minimum Gasteiger partial charge on any atom is -0.338 e. The maximum atomic E-state index is 11.7. The van der Waals surface area contributed by atoms with E-state index in [9.17, 15) is 4.79 Å². The summed E-state index contributed by atoms with van der Waals surface area (Å²) >= 11 is 3.42. The van der Waals surface area contributed by atoms with E-state index >= 15 is 0 Å². The SMILES string of the molecule is CN1C(=O)NCCC1(C)c1ccc(Br)cc1. The molecule has 1 aliphatic rings. The number of halogens is 1. The molecule has 1 heterocycles. The smallest absolute Gasteiger partial charge is 0.317 e. The van der Waals surface area contributed by atoms with E-state index in [1.54, 1.807) is 4.90 Å². The van der Waals surface area contributed by atoms with Crippen LogP contribution in [0.15, 0.2) is 28.7 Å². The third-order valence-corrected chi connectivity index (χ3v) is 3.93. The summed E-state index contributed by atoms with van der Waals surface area (Å²) in [5, 5.41) is 2.85. The standard InChI is InChI=1S/C12H15BrN2O/c1-12(7-8-14-11(16)15(12)2)9-3-5-10(13)6-4-9/h3-6H,7-8H2,1-2H3,(H,14,16). The summed E-state index contributed by atoms with van der Waals surface area (Å²) in [6, 6.07) is 8.16. The molecule has 0 saturated carbocycles. The van der Waals surface area contributed by atoms with Gasteiger partial charge in [0.1, 0.15) is 0 Å². The molecular weight excluding hydrogens is 268 g/mol. The molecule has 0 aromatic heterocycles. The van der Waals surface area contributed by atoms with Crippen LogP contribution in [0.4, 0.5) is 4.79 Å². The Morgan fingerprint density at radius 1 is 1.38 bits per heavy atom. The Hall–Kier alpha value is -1.03. The van der Waals surface area contributed by atoms with Gasteiger partial charge >= 0.3 is 6.03 Å². The Bertz CT molecular complexity index is 404. The Labute approximate surface area is 104 Å². The lowest BCUT2D eigenvalue weighted by Crippen LogP contribution is -2.55. The van der Waals surface area contributed by atoms with Crippen molar-refractivity contribution in [3.63, 3.8) is 0 Å². The minimum atomic E-state index is -0.205. The fraction of sp³-hybridized carbons (Fsp3) is 0.417. The average Bonchev–Trinajstić information content (AvgIpc) is 2.27. The summed E-state index contributed by atoms with van der Waals surface area (Å²) in [6.07, 6.45) is 0.927. The monoisotopic (exact) mass is 282 g/mol. The van der Waals surface area contributed by atoms with Gasteiger partial charge in [0.2, 0.25) is 0 Å². The zero-order valence-electron chi connectivity index (χ0n) is 9.46. The van der Waals surface area contributed by atoms with Gasteiger partial charge in [-0.2, -0.15) is 0 Å². The number of nitrogens with one attached hydrogen (secondary N) is 1. The molecule has 1 saturated heterocycles. The summed E-state index contributed by atoms with van der Waals surface area (Å²) in [5.74, 6) is 0. The molecule has 86 valence electrons. The Morgan fingerprint density at radius 2 is 2.00 bits per heavy atom. The lowest BCUT2D eigenvalue weighted by molar-refractivity contribution is 0.117. The van der Waals surface area contributed by atoms with Gasteiger partial charge in [0, 0.05) is 18.1 Å². The minimum absolute atomic E-state index is 0.00308. The molecule has 0 spiro atoms. The molecule has 0 radical (unpaired) electrons. The van der Waals surface area contributed by atoms with Gasteiger partial charge in [0.15, 0.2) is 0 Å². The van der Waals surface area contributed by atoms with Gasteiger partial charge in [-0.15, -0.1) is 0 Å². The quantitative estimate of drug-likeness (QED) is 0.844. The van der Waals surface area contributed by atoms with Crippen LogP contribution in [-0.2, 0) is 5.54 Å². The van der Waals surface area contributed by atoms with Crippen LogP contribution in [0.3, 0.4) is 0 Å². The van der Waals surface area contributed by atoms with E-state index in [0.717, 1.165) is 17.4 Å². The van der Waals surface area contributed by atoms with Crippen LogP contribution in [0.5, 0.6) is 0 Å². The van der Waals surface area contributed by atoms with E-state index in [4.69, 9.17) is 0 Å². The van der Waals surface area contributed by atoms with Crippen molar-refractivity contribution in [1.29, 1.82) is 0 Å². The molecule has 1 fully saturated rings. The molecule has 1 atom stereocenters. The molecule has 3 nitrogen and oxygen atoms in total. The van der Waals surface area contributed by atoms with Crippen LogP contribution in [0.1, 0.15) is 18.9 Å². The molecular formula is C12H15BrN2O. The van der Waals surface area contributed by atoms with Crippen molar-refractivity contribution in [2.24, 2.45) is 0 Å². The molecule has 2 rings (SSSR count). The molecule has 1 aromatic rings. The summed E-state index contributed by atoms with van der Waals surface area (Å²) < 4.78 is 1.06. The van der Waals surface area contributed by atoms with Crippen LogP contribution in [0.2, 0.25) is 0 Å². The first-order valence-corrected chi connectivity index (χ1v) is 6.11. The number of hydrogen-bond donors (Lipinski definition) is 1. The van der Waals surface area contributed by atoms with Gasteiger partial charge in [-0.25, -0.2) is 4.79 Å². The van der Waals surface area contributed by atoms with Crippen molar-refractivity contribution in [1.82, 2.24) is 10.2 Å². The number of benzene rings is 1. The van der Waals surface area contributed by atoms with Crippen molar-refractivity contribution in [2.45, 2.75) is 18.9 Å². The second kappa shape index (κ2) is 4.09. The van der Waals surface area contributed by atoms with E-state index in [1.165, 1.54) is 5.56 Å². The molecule has 4 heteroatoms. The predicted molar refractivity (Wildman–Crippen MR) is 67.3 cm³/mol. The van der Waals surface area contributed by atoms with E-state index in [2.05, 4.69) is 40.3 Å². The van der Waals surface area contributed by atoms with Crippen LogP contribution in [0.25, 0.3) is 0 Å². The molecule has 1 aromatic carbocycles. The number of hydrogen-bond acceptors (Lipinski definition) is 1. The highest BCUT2D eigenvalue weighted by molar-refractivity contribution is 9.10. The van der Waals surface area contributed by atoms with E-state index in [0.29, 0.717) is 0 Å². The van der Waals surface area contributed by atoms with Gasteiger partial charge in [-0.05, 0) is 31.0 Å².